The number of fused-ring (bicyclic) bond motifs is 1. The molecule has 0 aromatic heterocycles. The minimum absolute atomic E-state index is 0.0344. The highest BCUT2D eigenvalue weighted by Gasteiger charge is 2.20. The molecule has 1 aliphatic rings. The SMILES string of the molecule is O=C(NC(=S)Nc1ccc(N2CCN(C(=O)/C=C/c3ccccc3)CC2)cc1)c1cccc2ccccc12. The highest BCUT2D eigenvalue weighted by atomic mass is 32.1. The highest BCUT2D eigenvalue weighted by Crippen LogP contribution is 2.21. The smallest absolute Gasteiger partial charge is 0.258 e. The van der Waals surface area contributed by atoms with Crippen molar-refractivity contribution in [3.05, 3.63) is 114 Å². The zero-order chi connectivity index (χ0) is 26.3. The van der Waals surface area contributed by atoms with E-state index >= 15 is 0 Å². The lowest BCUT2D eigenvalue weighted by Crippen LogP contribution is -2.48. The van der Waals surface area contributed by atoms with E-state index in [1.165, 1.54) is 0 Å². The Morgan fingerprint density at radius 2 is 1.45 bits per heavy atom. The number of hydrogen-bond acceptors (Lipinski definition) is 4. The standard InChI is InChI=1S/C31H28N4O2S/c36-29(18-13-23-7-2-1-3-8-23)35-21-19-34(20-22-35)26-16-14-25(15-17-26)32-31(38)33-30(37)28-12-6-10-24-9-4-5-11-27(24)28/h1-18H,19-22H2,(H2,32,33,37,38)/b18-13+. The quantitative estimate of drug-likeness (QED) is 0.275. The van der Waals surface area contributed by atoms with Crippen LogP contribution in [0.3, 0.4) is 0 Å². The number of benzene rings is 4. The number of thiocarbonyl (C=S) groups is 1. The Bertz CT molecular complexity index is 1470. The molecule has 0 spiro atoms. The zero-order valence-corrected chi connectivity index (χ0v) is 21.7. The fourth-order valence-corrected chi connectivity index (χ4v) is 4.74. The highest BCUT2D eigenvalue weighted by molar-refractivity contribution is 7.80. The first-order valence-corrected chi connectivity index (χ1v) is 12.9. The van der Waals surface area contributed by atoms with Crippen molar-refractivity contribution >= 4 is 57.4 Å². The lowest BCUT2D eigenvalue weighted by molar-refractivity contribution is -0.126. The van der Waals surface area contributed by atoms with E-state index in [1.807, 2.05) is 102 Å². The monoisotopic (exact) mass is 520 g/mol. The van der Waals surface area contributed by atoms with E-state index < -0.39 is 0 Å². The van der Waals surface area contributed by atoms with Crippen LogP contribution in [0.25, 0.3) is 16.8 Å². The Labute approximate surface area is 227 Å². The summed E-state index contributed by atoms with van der Waals surface area (Å²) >= 11 is 5.39. The minimum atomic E-state index is -0.248. The van der Waals surface area contributed by atoms with Gasteiger partial charge in [-0.1, -0.05) is 66.7 Å². The molecule has 0 aliphatic carbocycles. The summed E-state index contributed by atoms with van der Waals surface area (Å²) in [6.07, 6.45) is 3.50. The first-order chi connectivity index (χ1) is 18.6. The van der Waals surface area contributed by atoms with Gasteiger partial charge in [0.1, 0.15) is 0 Å². The van der Waals surface area contributed by atoms with Gasteiger partial charge in [0.2, 0.25) is 5.91 Å². The number of piperazine rings is 1. The van der Waals surface area contributed by atoms with Gasteiger partial charge in [-0.3, -0.25) is 14.9 Å². The van der Waals surface area contributed by atoms with Crippen molar-refractivity contribution in [3.8, 4) is 0 Å². The molecule has 0 radical (unpaired) electrons. The van der Waals surface area contributed by atoms with Crippen LogP contribution in [0.2, 0.25) is 0 Å². The number of anilines is 2. The van der Waals surface area contributed by atoms with E-state index in [9.17, 15) is 9.59 Å². The molecular weight excluding hydrogens is 492 g/mol. The molecule has 0 bridgehead atoms. The fourth-order valence-electron chi connectivity index (χ4n) is 4.53. The number of nitrogens with one attached hydrogen (secondary N) is 2. The normalized spacial score (nSPS) is 13.5. The molecule has 1 heterocycles. The zero-order valence-electron chi connectivity index (χ0n) is 20.8. The van der Waals surface area contributed by atoms with E-state index in [4.69, 9.17) is 12.2 Å². The van der Waals surface area contributed by atoms with Gasteiger partial charge in [0.25, 0.3) is 5.91 Å². The molecule has 4 aromatic rings. The average Bonchev–Trinajstić information content (AvgIpc) is 2.96. The van der Waals surface area contributed by atoms with E-state index in [-0.39, 0.29) is 16.9 Å². The molecule has 1 aliphatic heterocycles. The molecule has 5 rings (SSSR count). The van der Waals surface area contributed by atoms with Crippen LogP contribution < -0.4 is 15.5 Å². The lowest BCUT2D eigenvalue weighted by atomic mass is 10.0. The number of hydrogen-bond donors (Lipinski definition) is 2. The maximum Gasteiger partial charge on any atom is 0.258 e. The van der Waals surface area contributed by atoms with Gasteiger partial charge in [0.05, 0.1) is 0 Å². The van der Waals surface area contributed by atoms with Crippen LogP contribution in [-0.4, -0.2) is 48.0 Å². The summed E-state index contributed by atoms with van der Waals surface area (Å²) in [5.74, 6) is -0.214. The molecule has 7 heteroatoms. The molecule has 0 unspecified atom stereocenters. The van der Waals surface area contributed by atoms with Gasteiger partial charge < -0.3 is 15.1 Å². The van der Waals surface area contributed by atoms with Gasteiger partial charge in [-0.15, -0.1) is 0 Å². The molecule has 1 saturated heterocycles. The fraction of sp³-hybridized carbons (Fsp3) is 0.129. The van der Waals surface area contributed by atoms with Gasteiger partial charge in [-0.05, 0) is 65.0 Å². The third-order valence-corrected chi connectivity index (χ3v) is 6.77. The van der Waals surface area contributed by atoms with Gasteiger partial charge in [-0.25, -0.2) is 0 Å². The first kappa shape index (κ1) is 25.2. The number of rotatable bonds is 5. The van der Waals surface area contributed by atoms with E-state index in [0.29, 0.717) is 18.7 Å². The van der Waals surface area contributed by atoms with Gasteiger partial charge >= 0.3 is 0 Å². The summed E-state index contributed by atoms with van der Waals surface area (Å²) in [6, 6.07) is 31.1. The van der Waals surface area contributed by atoms with Crippen molar-refractivity contribution in [1.29, 1.82) is 0 Å². The van der Waals surface area contributed by atoms with Gasteiger partial charge in [0.15, 0.2) is 5.11 Å². The Morgan fingerprint density at radius 1 is 0.763 bits per heavy atom. The van der Waals surface area contributed by atoms with Crippen LogP contribution in [0.5, 0.6) is 0 Å². The van der Waals surface area contributed by atoms with E-state index in [0.717, 1.165) is 40.8 Å². The van der Waals surface area contributed by atoms with Crippen molar-refractivity contribution < 1.29 is 9.59 Å². The molecule has 2 N–H and O–H groups in total. The second-order valence-corrected chi connectivity index (χ2v) is 9.45. The summed E-state index contributed by atoms with van der Waals surface area (Å²) in [6.45, 7) is 2.86. The topological polar surface area (TPSA) is 64.7 Å². The maximum absolute atomic E-state index is 12.8. The van der Waals surface area contributed by atoms with E-state index in [1.54, 1.807) is 12.1 Å². The molecule has 0 saturated carbocycles. The van der Waals surface area contributed by atoms with Gasteiger partial charge in [-0.2, -0.15) is 0 Å². The number of carbonyl (C=O) groups excluding carboxylic acids is 2. The Balaban J connectivity index is 1.12. The predicted octanol–water partition coefficient (Wildman–Crippen LogP) is 5.33. The van der Waals surface area contributed by atoms with Crippen LogP contribution in [0, 0.1) is 0 Å². The summed E-state index contributed by atoms with van der Waals surface area (Å²) in [5.41, 5.74) is 3.46. The number of carbonyl (C=O) groups is 2. The summed E-state index contributed by atoms with van der Waals surface area (Å²) in [7, 11) is 0. The van der Waals surface area contributed by atoms with Crippen LogP contribution >= 0.6 is 12.2 Å². The minimum Gasteiger partial charge on any atom is -0.368 e. The molecule has 38 heavy (non-hydrogen) atoms. The third kappa shape index (κ3) is 6.07. The maximum atomic E-state index is 12.8. The second kappa shape index (κ2) is 11.7. The molecule has 190 valence electrons. The third-order valence-electron chi connectivity index (χ3n) is 6.56. The molecule has 6 nitrogen and oxygen atoms in total. The predicted molar refractivity (Wildman–Crippen MR) is 158 cm³/mol. The van der Waals surface area contributed by atoms with Crippen molar-refractivity contribution in [1.82, 2.24) is 10.2 Å². The van der Waals surface area contributed by atoms with Crippen molar-refractivity contribution in [2.75, 3.05) is 36.4 Å². The van der Waals surface area contributed by atoms with Crippen LogP contribution in [0.15, 0.2) is 103 Å². The Kier molecular flexibility index (Phi) is 7.75. The Hall–Kier alpha value is -4.49. The van der Waals surface area contributed by atoms with Crippen molar-refractivity contribution in [2.45, 2.75) is 0 Å². The van der Waals surface area contributed by atoms with Gasteiger partial charge in [0, 0.05) is 49.2 Å². The Morgan fingerprint density at radius 3 is 2.21 bits per heavy atom. The first-order valence-electron chi connectivity index (χ1n) is 12.5. The largest absolute Gasteiger partial charge is 0.368 e. The average molecular weight is 521 g/mol. The molecule has 2 amide bonds. The molecule has 0 atom stereocenters. The summed E-state index contributed by atoms with van der Waals surface area (Å²) in [5, 5.41) is 8.00. The summed E-state index contributed by atoms with van der Waals surface area (Å²) < 4.78 is 0. The second-order valence-electron chi connectivity index (χ2n) is 9.04. The lowest BCUT2D eigenvalue weighted by Gasteiger charge is -2.35. The number of nitrogens with zero attached hydrogens (tertiary/aromatic N) is 2. The summed E-state index contributed by atoms with van der Waals surface area (Å²) in [4.78, 5) is 29.5. The van der Waals surface area contributed by atoms with E-state index in [2.05, 4.69) is 15.5 Å². The van der Waals surface area contributed by atoms with Crippen LogP contribution in [0.4, 0.5) is 11.4 Å². The van der Waals surface area contributed by atoms with Crippen LogP contribution in [0.1, 0.15) is 15.9 Å². The van der Waals surface area contributed by atoms with Crippen molar-refractivity contribution in [3.63, 3.8) is 0 Å². The molecule has 1 fully saturated rings. The van der Waals surface area contributed by atoms with Crippen LogP contribution in [-0.2, 0) is 4.79 Å². The van der Waals surface area contributed by atoms with Crippen molar-refractivity contribution in [2.24, 2.45) is 0 Å². The molecular formula is C31H28N4O2S. The number of amides is 2. The molecule has 4 aromatic carbocycles.